The van der Waals surface area contributed by atoms with Crippen molar-refractivity contribution in [2.75, 3.05) is 5.32 Å². The Kier molecular flexibility index (Phi) is 7.45. The first-order valence-corrected chi connectivity index (χ1v) is 11.7. The molecule has 0 aliphatic heterocycles. The Morgan fingerprint density at radius 1 is 0.906 bits per heavy atom. The molecule has 1 fully saturated rings. The molecule has 0 bridgehead atoms. The van der Waals surface area contributed by atoms with E-state index in [-0.39, 0.29) is 29.5 Å². The minimum Gasteiger partial charge on any atom is -0.486 e. The Labute approximate surface area is 191 Å². The minimum absolute atomic E-state index is 0.0676. The number of nitrogens with zero attached hydrogens (tertiary/aromatic N) is 2. The maximum atomic E-state index is 12.5. The number of amides is 2. The highest BCUT2D eigenvalue weighted by atomic mass is 32.1. The molecule has 2 amide bonds. The van der Waals surface area contributed by atoms with Crippen LogP contribution in [0.1, 0.15) is 63.7 Å². The number of anilines is 1. The van der Waals surface area contributed by atoms with E-state index in [0.29, 0.717) is 16.3 Å². The molecule has 4 rings (SSSR count). The van der Waals surface area contributed by atoms with Gasteiger partial charge in [-0.25, -0.2) is 0 Å². The Hall–Kier alpha value is -3.26. The zero-order valence-corrected chi connectivity index (χ0v) is 18.6. The van der Waals surface area contributed by atoms with Gasteiger partial charge < -0.3 is 15.4 Å². The van der Waals surface area contributed by atoms with Crippen molar-refractivity contribution in [3.8, 4) is 5.75 Å². The molecule has 1 aliphatic carbocycles. The average molecular weight is 451 g/mol. The predicted octanol–water partition coefficient (Wildman–Crippen LogP) is 4.82. The average Bonchev–Trinajstić information content (AvgIpc) is 3.16. The molecule has 3 aromatic rings. The second kappa shape index (κ2) is 10.9. The lowest BCUT2D eigenvalue weighted by atomic mass is 10.1. The van der Waals surface area contributed by atoms with Crippen LogP contribution in [0, 0.1) is 0 Å². The quantitative estimate of drug-likeness (QED) is 0.503. The maximum absolute atomic E-state index is 12.5. The molecule has 0 radical (unpaired) electrons. The zero-order valence-electron chi connectivity index (χ0n) is 17.8. The summed E-state index contributed by atoms with van der Waals surface area (Å²) in [6.45, 7) is 0.250. The van der Waals surface area contributed by atoms with Crippen molar-refractivity contribution < 1.29 is 14.3 Å². The molecular weight excluding hydrogens is 424 g/mol. The molecule has 0 spiro atoms. The number of benzene rings is 2. The van der Waals surface area contributed by atoms with E-state index in [1.807, 2.05) is 30.3 Å². The number of hydrogen-bond donors (Lipinski definition) is 2. The number of aromatic nitrogens is 2. The monoisotopic (exact) mass is 450 g/mol. The van der Waals surface area contributed by atoms with Crippen LogP contribution in [0.3, 0.4) is 0 Å². The van der Waals surface area contributed by atoms with Crippen molar-refractivity contribution in [2.45, 2.75) is 51.2 Å². The van der Waals surface area contributed by atoms with E-state index in [2.05, 4.69) is 20.8 Å². The van der Waals surface area contributed by atoms with E-state index < -0.39 is 0 Å². The summed E-state index contributed by atoms with van der Waals surface area (Å²) in [6.07, 6.45) is 6.91. The lowest BCUT2D eigenvalue weighted by Crippen LogP contribution is -2.34. The molecule has 166 valence electrons. The summed E-state index contributed by atoms with van der Waals surface area (Å²) in [6, 6.07) is 16.5. The van der Waals surface area contributed by atoms with E-state index in [9.17, 15) is 9.59 Å². The number of hydrogen-bond acceptors (Lipinski definition) is 6. The molecular formula is C24H26N4O3S. The van der Waals surface area contributed by atoms with Crippen molar-refractivity contribution in [2.24, 2.45) is 0 Å². The summed E-state index contributed by atoms with van der Waals surface area (Å²) in [5, 5.41) is 14.8. The highest BCUT2D eigenvalue weighted by Gasteiger charge is 2.17. The van der Waals surface area contributed by atoms with Crippen LogP contribution in [0.25, 0.3) is 0 Å². The molecule has 0 atom stereocenters. The number of carbonyl (C=O) groups excluding carboxylic acids is 2. The Morgan fingerprint density at radius 3 is 2.34 bits per heavy atom. The van der Waals surface area contributed by atoms with Gasteiger partial charge in [0.15, 0.2) is 5.01 Å². The molecule has 1 saturated carbocycles. The molecule has 0 saturated heterocycles. The van der Waals surface area contributed by atoms with E-state index in [1.165, 1.54) is 37.0 Å². The Morgan fingerprint density at radius 2 is 1.62 bits per heavy atom. The molecule has 2 aromatic carbocycles. The van der Waals surface area contributed by atoms with E-state index in [4.69, 9.17) is 4.74 Å². The van der Waals surface area contributed by atoms with Crippen LogP contribution in [0.4, 0.5) is 5.69 Å². The van der Waals surface area contributed by atoms with Gasteiger partial charge in [0.25, 0.3) is 11.8 Å². The number of para-hydroxylation sites is 1. The zero-order chi connectivity index (χ0) is 22.2. The van der Waals surface area contributed by atoms with Gasteiger partial charge in [0.05, 0.1) is 0 Å². The van der Waals surface area contributed by atoms with Gasteiger partial charge in [0.1, 0.15) is 12.4 Å². The second-order valence-corrected chi connectivity index (χ2v) is 8.86. The summed E-state index contributed by atoms with van der Waals surface area (Å²) in [7, 11) is 0. The summed E-state index contributed by atoms with van der Waals surface area (Å²) in [5.41, 5.74) is 1.18. The van der Waals surface area contributed by atoms with E-state index in [0.717, 1.165) is 18.6 Å². The van der Waals surface area contributed by atoms with Crippen molar-refractivity contribution in [3.63, 3.8) is 0 Å². The van der Waals surface area contributed by atoms with E-state index >= 15 is 0 Å². The van der Waals surface area contributed by atoms with Gasteiger partial charge in [-0.3, -0.25) is 9.59 Å². The normalized spacial score (nSPS) is 14.4. The molecule has 7 nitrogen and oxygen atoms in total. The molecule has 0 unspecified atom stereocenters. The summed E-state index contributed by atoms with van der Waals surface area (Å²) >= 11 is 1.19. The first-order chi connectivity index (χ1) is 15.7. The van der Waals surface area contributed by atoms with Gasteiger partial charge >= 0.3 is 0 Å². The van der Waals surface area contributed by atoms with Crippen molar-refractivity contribution in [3.05, 3.63) is 70.2 Å². The van der Waals surface area contributed by atoms with Crippen LogP contribution in [0.2, 0.25) is 0 Å². The van der Waals surface area contributed by atoms with Crippen LogP contribution >= 0.6 is 11.3 Å². The topological polar surface area (TPSA) is 93.2 Å². The smallest absolute Gasteiger partial charge is 0.286 e. The van der Waals surface area contributed by atoms with Gasteiger partial charge in [-0.1, -0.05) is 55.2 Å². The van der Waals surface area contributed by atoms with Crippen LogP contribution in [0.15, 0.2) is 54.6 Å². The van der Waals surface area contributed by atoms with Gasteiger partial charge in [-0.05, 0) is 49.2 Å². The third-order valence-corrected chi connectivity index (χ3v) is 6.26. The number of ether oxygens (including phenoxy) is 1. The first kappa shape index (κ1) is 22.0. The van der Waals surface area contributed by atoms with Crippen molar-refractivity contribution in [1.82, 2.24) is 15.5 Å². The van der Waals surface area contributed by atoms with Crippen molar-refractivity contribution >= 4 is 28.8 Å². The first-order valence-electron chi connectivity index (χ1n) is 10.9. The highest BCUT2D eigenvalue weighted by molar-refractivity contribution is 7.13. The van der Waals surface area contributed by atoms with Crippen LogP contribution < -0.4 is 15.4 Å². The largest absolute Gasteiger partial charge is 0.486 e. The van der Waals surface area contributed by atoms with Gasteiger partial charge in [0.2, 0.25) is 5.01 Å². The minimum atomic E-state index is -0.343. The third-order valence-electron chi connectivity index (χ3n) is 5.36. The fourth-order valence-corrected chi connectivity index (χ4v) is 4.30. The standard InChI is InChI=1S/C24H26N4O3S/c29-22(25-18-8-4-1-2-5-9-18)17-12-14-19(15-13-17)26-23(30)24-28-27-21(32-24)16-31-20-10-6-3-7-11-20/h3,6-7,10-15,18H,1-2,4-5,8-9,16H2,(H,25,29)(H,26,30). The molecule has 2 N–H and O–H groups in total. The molecule has 32 heavy (non-hydrogen) atoms. The van der Waals surface area contributed by atoms with Crippen LogP contribution in [-0.4, -0.2) is 28.1 Å². The number of carbonyl (C=O) groups is 2. The second-order valence-electron chi connectivity index (χ2n) is 7.80. The number of nitrogens with one attached hydrogen (secondary N) is 2. The van der Waals surface area contributed by atoms with Gasteiger partial charge in [-0.15, -0.1) is 10.2 Å². The lowest BCUT2D eigenvalue weighted by Gasteiger charge is -2.16. The summed E-state index contributed by atoms with van der Waals surface area (Å²) in [5.74, 6) is 0.322. The van der Waals surface area contributed by atoms with Crippen LogP contribution in [-0.2, 0) is 6.61 Å². The third kappa shape index (κ3) is 6.13. The fraction of sp³-hybridized carbons (Fsp3) is 0.333. The summed E-state index contributed by atoms with van der Waals surface area (Å²) < 4.78 is 5.64. The van der Waals surface area contributed by atoms with Gasteiger partial charge in [0, 0.05) is 17.3 Å². The SMILES string of the molecule is O=C(NC1CCCCCC1)c1ccc(NC(=O)c2nnc(COc3ccccc3)s2)cc1. The van der Waals surface area contributed by atoms with Gasteiger partial charge in [-0.2, -0.15) is 0 Å². The molecule has 8 heteroatoms. The Bertz CT molecular complexity index is 1030. The predicted molar refractivity (Wildman–Crippen MR) is 124 cm³/mol. The number of rotatable bonds is 7. The lowest BCUT2D eigenvalue weighted by molar-refractivity contribution is 0.0933. The van der Waals surface area contributed by atoms with E-state index in [1.54, 1.807) is 24.3 Å². The molecule has 1 aliphatic rings. The Balaban J connectivity index is 1.29. The van der Waals surface area contributed by atoms with Crippen molar-refractivity contribution in [1.29, 1.82) is 0 Å². The summed E-state index contributed by atoms with van der Waals surface area (Å²) in [4.78, 5) is 25.0. The maximum Gasteiger partial charge on any atom is 0.286 e. The van der Waals surface area contributed by atoms with Crippen LogP contribution in [0.5, 0.6) is 5.75 Å². The fourth-order valence-electron chi connectivity index (χ4n) is 3.65. The molecule has 1 aromatic heterocycles. The highest BCUT2D eigenvalue weighted by Crippen LogP contribution is 2.19. The molecule has 1 heterocycles.